The SMILES string of the molecule is O=Cc1ccc2c3[nH]c(c2c1)N=c1[nH]c(c2cc(C=O)ccc12)=Nc1[nH]c(c2cc(C=O)ccc12)N=c1[nH]c(c2cc(C=O)ccc12)=C3. The van der Waals surface area contributed by atoms with Gasteiger partial charge in [0.25, 0.3) is 0 Å². The standard InChI is InChI=1S/C37H21N7O4/c45-14-18-2-6-23-26(9-18)31-13-30-22-5-1-19(15-46)10-27(22)35(38-30)41-33-24-7-3-21(17-48)12-29(24)37(42-33)44-34-25-8-4-20(16-47)11-28(25)36(43-34)40-32(23)39-31/h1-17H,(H4,38,39,40,41,42,43,44). The number of carbonyl (C=O) groups excluding carboxylic acids is 4. The molecule has 8 aromatic rings. The highest BCUT2D eigenvalue weighted by molar-refractivity contribution is 6.03. The van der Waals surface area contributed by atoms with Crippen molar-refractivity contribution in [1.29, 1.82) is 0 Å². The largest absolute Gasteiger partial charge is 0.339 e. The van der Waals surface area contributed by atoms with Gasteiger partial charge in [0.05, 0.1) is 0 Å². The third-order valence-electron chi connectivity index (χ3n) is 8.77. The molecule has 1 aliphatic heterocycles. The van der Waals surface area contributed by atoms with E-state index in [4.69, 9.17) is 15.0 Å². The van der Waals surface area contributed by atoms with Crippen molar-refractivity contribution in [3.63, 3.8) is 0 Å². The molecule has 1 aliphatic rings. The van der Waals surface area contributed by atoms with Crippen LogP contribution in [0.2, 0.25) is 0 Å². The Labute approximate surface area is 268 Å². The Hall–Kier alpha value is -7.01. The number of rotatable bonds is 4. The van der Waals surface area contributed by atoms with Gasteiger partial charge in [-0.3, -0.25) is 19.2 Å². The lowest BCUT2D eigenvalue weighted by atomic mass is 10.1. The Morgan fingerprint density at radius 1 is 0.396 bits per heavy atom. The van der Waals surface area contributed by atoms with E-state index in [-0.39, 0.29) is 0 Å². The highest BCUT2D eigenvalue weighted by Crippen LogP contribution is 2.35. The molecule has 0 amide bonds. The lowest BCUT2D eigenvalue weighted by Crippen LogP contribution is -2.10. The maximum Gasteiger partial charge on any atom is 0.150 e. The molecule has 0 saturated heterocycles. The molecule has 228 valence electrons. The molecule has 9 rings (SSSR count). The summed E-state index contributed by atoms with van der Waals surface area (Å²) in [5.74, 6) is 1.45. The third kappa shape index (κ3) is 4.11. The van der Waals surface area contributed by atoms with Crippen molar-refractivity contribution >= 4 is 91.8 Å². The van der Waals surface area contributed by atoms with E-state index in [1.165, 1.54) is 0 Å². The van der Waals surface area contributed by atoms with Crippen molar-refractivity contribution in [3.05, 3.63) is 123 Å². The van der Waals surface area contributed by atoms with E-state index < -0.39 is 0 Å². The van der Waals surface area contributed by atoms with Crippen molar-refractivity contribution in [2.45, 2.75) is 0 Å². The van der Waals surface area contributed by atoms with Crippen LogP contribution in [0.15, 0.2) is 87.8 Å². The van der Waals surface area contributed by atoms with Gasteiger partial charge in [0, 0.05) is 76.4 Å². The number of aldehydes is 4. The topological polar surface area (TPSA) is 169 Å². The Morgan fingerprint density at radius 3 is 1.46 bits per heavy atom. The zero-order valence-corrected chi connectivity index (χ0v) is 24.8. The van der Waals surface area contributed by atoms with E-state index in [2.05, 4.69) is 19.9 Å². The zero-order valence-electron chi connectivity index (χ0n) is 24.8. The normalized spacial score (nSPS) is 12.3. The van der Waals surface area contributed by atoms with Gasteiger partial charge in [-0.05, 0) is 48.5 Å². The summed E-state index contributed by atoms with van der Waals surface area (Å²) >= 11 is 0. The van der Waals surface area contributed by atoms with Gasteiger partial charge in [-0.25, -0.2) is 15.0 Å². The molecule has 4 aromatic heterocycles. The van der Waals surface area contributed by atoms with E-state index in [1.54, 1.807) is 48.5 Å². The molecule has 11 heteroatoms. The maximum absolute atomic E-state index is 11.8. The second-order valence-corrected chi connectivity index (χ2v) is 11.6. The number of hydrogen-bond donors (Lipinski definition) is 4. The van der Waals surface area contributed by atoms with Crippen LogP contribution in [-0.4, -0.2) is 45.1 Å². The van der Waals surface area contributed by atoms with Crippen LogP contribution in [0.5, 0.6) is 0 Å². The molecule has 48 heavy (non-hydrogen) atoms. The predicted molar refractivity (Wildman–Crippen MR) is 180 cm³/mol. The molecule has 0 atom stereocenters. The fourth-order valence-corrected chi connectivity index (χ4v) is 6.46. The van der Waals surface area contributed by atoms with Gasteiger partial charge < -0.3 is 19.9 Å². The summed E-state index contributed by atoms with van der Waals surface area (Å²) in [5.41, 5.74) is 4.14. The monoisotopic (exact) mass is 627 g/mol. The van der Waals surface area contributed by atoms with Crippen LogP contribution in [0.25, 0.3) is 49.2 Å². The summed E-state index contributed by atoms with van der Waals surface area (Å²) in [6.07, 6.45) is 5.07. The number of benzene rings is 4. The number of nitrogens with zero attached hydrogens (tertiary/aromatic N) is 3. The number of H-pyrrole nitrogens is 4. The van der Waals surface area contributed by atoms with Crippen LogP contribution >= 0.6 is 0 Å². The van der Waals surface area contributed by atoms with Gasteiger partial charge in [0.1, 0.15) is 59.1 Å². The van der Waals surface area contributed by atoms with E-state index in [0.717, 1.165) is 57.5 Å². The Balaban J connectivity index is 1.50. The molecule has 11 nitrogen and oxygen atoms in total. The lowest BCUT2D eigenvalue weighted by Gasteiger charge is -1.95. The van der Waals surface area contributed by atoms with Gasteiger partial charge in [0.2, 0.25) is 0 Å². The second-order valence-electron chi connectivity index (χ2n) is 11.6. The third-order valence-corrected chi connectivity index (χ3v) is 8.77. The number of hydrogen-bond acceptors (Lipinski definition) is 7. The van der Waals surface area contributed by atoms with Gasteiger partial charge in [-0.15, -0.1) is 0 Å². The van der Waals surface area contributed by atoms with Crippen LogP contribution in [-0.2, 0) is 0 Å². The average Bonchev–Trinajstić information content (AvgIpc) is 3.85. The van der Waals surface area contributed by atoms with Gasteiger partial charge >= 0.3 is 0 Å². The molecule has 8 bridgehead atoms. The van der Waals surface area contributed by atoms with E-state index in [1.807, 2.05) is 30.3 Å². The highest BCUT2D eigenvalue weighted by atomic mass is 16.1. The maximum atomic E-state index is 11.8. The minimum absolute atomic E-state index is 0.457. The van der Waals surface area contributed by atoms with E-state index in [9.17, 15) is 19.2 Å². The van der Waals surface area contributed by atoms with Crippen molar-refractivity contribution in [3.8, 4) is 0 Å². The molecule has 0 saturated carbocycles. The van der Waals surface area contributed by atoms with Crippen LogP contribution in [0.1, 0.15) is 47.1 Å². The molecule has 0 unspecified atom stereocenters. The fraction of sp³-hybridized carbons (Fsp3) is 0. The Morgan fingerprint density at radius 2 is 0.833 bits per heavy atom. The number of aromatic nitrogens is 4. The molecule has 4 N–H and O–H groups in total. The van der Waals surface area contributed by atoms with Gasteiger partial charge in [0.15, 0.2) is 0 Å². The summed E-state index contributed by atoms with van der Waals surface area (Å²) in [5, 5.41) is 6.59. The smallest absolute Gasteiger partial charge is 0.150 e. The van der Waals surface area contributed by atoms with E-state index in [0.29, 0.717) is 78.0 Å². The first-order chi connectivity index (χ1) is 23.5. The average molecular weight is 628 g/mol. The molecular weight excluding hydrogens is 606 g/mol. The molecular formula is C37H21N7O4. The number of nitrogens with one attached hydrogen (secondary N) is 4. The summed E-state index contributed by atoms with van der Waals surface area (Å²) in [4.78, 5) is 75.7. The molecule has 0 aliphatic carbocycles. The summed E-state index contributed by atoms with van der Waals surface area (Å²) < 4.78 is 0. The first kappa shape index (κ1) is 27.3. The van der Waals surface area contributed by atoms with Crippen molar-refractivity contribution in [1.82, 2.24) is 19.9 Å². The zero-order chi connectivity index (χ0) is 32.5. The Kier molecular flexibility index (Phi) is 5.84. The van der Waals surface area contributed by atoms with Crippen molar-refractivity contribution in [2.75, 3.05) is 0 Å². The first-order valence-corrected chi connectivity index (χ1v) is 15.0. The number of carbonyl (C=O) groups is 4. The minimum atomic E-state index is 0.457. The second kappa shape index (κ2) is 10.3. The molecule has 5 heterocycles. The van der Waals surface area contributed by atoms with Crippen LogP contribution in [0.3, 0.4) is 0 Å². The molecule has 0 fully saturated rings. The van der Waals surface area contributed by atoms with Gasteiger partial charge in [-0.1, -0.05) is 30.3 Å². The fourth-order valence-electron chi connectivity index (χ4n) is 6.46. The highest BCUT2D eigenvalue weighted by Gasteiger charge is 2.16. The first-order valence-electron chi connectivity index (χ1n) is 15.0. The summed E-state index contributed by atoms with van der Waals surface area (Å²) in [6.45, 7) is 0. The van der Waals surface area contributed by atoms with Crippen molar-refractivity contribution < 1.29 is 19.2 Å². The lowest BCUT2D eigenvalue weighted by molar-refractivity contribution is 0.111. The van der Waals surface area contributed by atoms with E-state index >= 15 is 0 Å². The number of fused-ring (bicyclic) bond motifs is 20. The predicted octanol–water partition coefficient (Wildman–Crippen LogP) is 4.86. The minimum Gasteiger partial charge on any atom is -0.339 e. The van der Waals surface area contributed by atoms with Gasteiger partial charge in [-0.2, -0.15) is 0 Å². The molecule has 0 radical (unpaired) electrons. The Bertz CT molecular complexity index is 2790. The van der Waals surface area contributed by atoms with Crippen LogP contribution in [0, 0.1) is 0 Å². The summed E-state index contributed by atoms with van der Waals surface area (Å²) in [7, 11) is 0. The van der Waals surface area contributed by atoms with Crippen LogP contribution < -0.4 is 21.8 Å². The quantitative estimate of drug-likeness (QED) is 0.205. The van der Waals surface area contributed by atoms with Crippen molar-refractivity contribution in [2.24, 2.45) is 15.0 Å². The summed E-state index contributed by atoms with van der Waals surface area (Å²) in [6, 6.07) is 21.3. The molecule has 4 aromatic carbocycles. The molecule has 0 spiro atoms. The van der Waals surface area contributed by atoms with Crippen LogP contribution in [0.4, 0.5) is 17.5 Å². The number of aromatic amines is 4.